The molecule has 1 aromatic heterocycles. The standard InChI is InChI=1S/C12H20N4O2/c1-9(2)18-7-6-16(3)11-8-14-5-4-10(11)12(13)15-17/h4-5,8-9,17H,6-7H2,1-3H3,(H2,13,15). The molecule has 0 unspecified atom stereocenters. The molecule has 3 N–H and O–H groups in total. The van der Waals surface area contributed by atoms with Crippen LogP contribution in [0.25, 0.3) is 0 Å². The highest BCUT2D eigenvalue weighted by Gasteiger charge is 2.11. The lowest BCUT2D eigenvalue weighted by molar-refractivity contribution is 0.0846. The van der Waals surface area contributed by atoms with Gasteiger partial charge in [0.05, 0.1) is 24.6 Å². The van der Waals surface area contributed by atoms with Gasteiger partial charge in [-0.05, 0) is 19.9 Å². The number of hydrogen-bond acceptors (Lipinski definition) is 5. The van der Waals surface area contributed by atoms with E-state index in [9.17, 15) is 0 Å². The summed E-state index contributed by atoms with van der Waals surface area (Å²) in [6, 6.07) is 1.71. The van der Waals surface area contributed by atoms with E-state index >= 15 is 0 Å². The van der Waals surface area contributed by atoms with Gasteiger partial charge in [-0.15, -0.1) is 0 Å². The van der Waals surface area contributed by atoms with Gasteiger partial charge in [-0.3, -0.25) is 4.98 Å². The molecule has 6 heteroatoms. The lowest BCUT2D eigenvalue weighted by Crippen LogP contribution is -2.27. The fraction of sp³-hybridized carbons (Fsp3) is 0.500. The minimum absolute atomic E-state index is 0.0732. The van der Waals surface area contributed by atoms with Crippen LogP contribution in [0, 0.1) is 0 Å². The number of hydrogen-bond donors (Lipinski definition) is 2. The van der Waals surface area contributed by atoms with Crippen LogP contribution in [0.4, 0.5) is 5.69 Å². The van der Waals surface area contributed by atoms with Gasteiger partial charge in [-0.25, -0.2) is 0 Å². The molecule has 0 radical (unpaired) electrons. The summed E-state index contributed by atoms with van der Waals surface area (Å²) < 4.78 is 5.49. The fourth-order valence-electron chi connectivity index (χ4n) is 1.51. The Bertz CT molecular complexity index is 407. The number of nitrogens with two attached hydrogens (primary N) is 1. The largest absolute Gasteiger partial charge is 0.409 e. The third-order valence-corrected chi connectivity index (χ3v) is 2.47. The molecule has 0 aromatic carbocycles. The van der Waals surface area contributed by atoms with Crippen LogP contribution in [0.5, 0.6) is 0 Å². The second-order valence-corrected chi connectivity index (χ2v) is 4.22. The Hall–Kier alpha value is -1.82. The van der Waals surface area contributed by atoms with Crippen LogP contribution in [0.2, 0.25) is 0 Å². The van der Waals surface area contributed by atoms with E-state index in [1.165, 1.54) is 0 Å². The molecule has 0 aliphatic carbocycles. The van der Waals surface area contributed by atoms with Crippen molar-refractivity contribution in [1.29, 1.82) is 0 Å². The first-order valence-electron chi connectivity index (χ1n) is 5.81. The topological polar surface area (TPSA) is 84.0 Å². The third kappa shape index (κ3) is 3.89. The quantitative estimate of drug-likeness (QED) is 0.342. The number of rotatable bonds is 6. The third-order valence-electron chi connectivity index (χ3n) is 2.47. The van der Waals surface area contributed by atoms with Crippen molar-refractivity contribution in [3.8, 4) is 0 Å². The average molecular weight is 252 g/mol. The van der Waals surface area contributed by atoms with Gasteiger partial charge in [0, 0.05) is 25.4 Å². The predicted octanol–water partition coefficient (Wildman–Crippen LogP) is 1.04. The van der Waals surface area contributed by atoms with E-state index < -0.39 is 0 Å². The Kier molecular flexibility index (Phi) is 5.38. The van der Waals surface area contributed by atoms with Crippen LogP contribution in [-0.2, 0) is 4.74 Å². The highest BCUT2D eigenvalue weighted by atomic mass is 16.5. The van der Waals surface area contributed by atoms with Crippen molar-refractivity contribution in [3.05, 3.63) is 24.0 Å². The van der Waals surface area contributed by atoms with E-state index in [1.807, 2.05) is 25.8 Å². The second kappa shape index (κ2) is 6.80. The number of pyridine rings is 1. The second-order valence-electron chi connectivity index (χ2n) is 4.22. The van der Waals surface area contributed by atoms with E-state index in [0.29, 0.717) is 18.7 Å². The van der Waals surface area contributed by atoms with Crippen molar-refractivity contribution in [1.82, 2.24) is 4.98 Å². The molecule has 1 aromatic rings. The lowest BCUT2D eigenvalue weighted by atomic mass is 10.2. The van der Waals surface area contributed by atoms with Crippen molar-refractivity contribution < 1.29 is 9.94 Å². The summed E-state index contributed by atoms with van der Waals surface area (Å²) in [5.41, 5.74) is 7.08. The van der Waals surface area contributed by atoms with Gasteiger partial charge in [0.1, 0.15) is 0 Å². The van der Waals surface area contributed by atoms with Crippen LogP contribution in [0.1, 0.15) is 19.4 Å². The molecule has 6 nitrogen and oxygen atoms in total. The summed E-state index contributed by atoms with van der Waals surface area (Å²) in [6.45, 7) is 5.30. The van der Waals surface area contributed by atoms with Gasteiger partial charge >= 0.3 is 0 Å². The highest BCUT2D eigenvalue weighted by Crippen LogP contribution is 2.17. The molecule has 18 heavy (non-hydrogen) atoms. The smallest absolute Gasteiger partial charge is 0.172 e. The first-order valence-corrected chi connectivity index (χ1v) is 5.81. The summed E-state index contributed by atoms with van der Waals surface area (Å²) in [5.74, 6) is 0.0732. The number of anilines is 1. The first kappa shape index (κ1) is 14.2. The molecule has 0 atom stereocenters. The number of aromatic nitrogens is 1. The number of amidine groups is 1. The zero-order valence-corrected chi connectivity index (χ0v) is 11.0. The maximum absolute atomic E-state index is 8.74. The minimum atomic E-state index is 0.0732. The van der Waals surface area contributed by atoms with Gasteiger partial charge in [-0.2, -0.15) is 0 Å². The molecule has 0 aliphatic rings. The van der Waals surface area contributed by atoms with Crippen LogP contribution < -0.4 is 10.6 Å². The Labute approximate surface area is 107 Å². The van der Waals surface area contributed by atoms with Crippen LogP contribution in [0.3, 0.4) is 0 Å². The summed E-state index contributed by atoms with van der Waals surface area (Å²) in [6.07, 6.45) is 3.49. The van der Waals surface area contributed by atoms with E-state index in [0.717, 1.165) is 5.69 Å². The molecular formula is C12H20N4O2. The Morgan fingerprint density at radius 1 is 1.61 bits per heavy atom. The fourth-order valence-corrected chi connectivity index (χ4v) is 1.51. The maximum atomic E-state index is 8.74. The molecule has 1 heterocycles. The van der Waals surface area contributed by atoms with Crippen LogP contribution in [-0.4, -0.2) is 42.3 Å². The molecule has 100 valence electrons. The summed E-state index contributed by atoms with van der Waals surface area (Å²) in [5, 5.41) is 11.8. The molecule has 0 bridgehead atoms. The minimum Gasteiger partial charge on any atom is -0.409 e. The number of nitrogens with zero attached hydrogens (tertiary/aromatic N) is 3. The van der Waals surface area contributed by atoms with E-state index in [1.54, 1.807) is 18.5 Å². The Balaban J connectivity index is 2.76. The van der Waals surface area contributed by atoms with Crippen molar-refractivity contribution in [3.63, 3.8) is 0 Å². The van der Waals surface area contributed by atoms with Gasteiger partial charge in [0.25, 0.3) is 0 Å². The predicted molar refractivity (Wildman–Crippen MR) is 71.1 cm³/mol. The number of oxime groups is 1. The van der Waals surface area contributed by atoms with Gasteiger partial charge in [-0.1, -0.05) is 5.16 Å². The highest BCUT2D eigenvalue weighted by molar-refractivity contribution is 6.01. The first-order chi connectivity index (χ1) is 8.56. The molecule has 0 saturated carbocycles. The molecule has 0 aliphatic heterocycles. The lowest BCUT2D eigenvalue weighted by Gasteiger charge is -2.22. The van der Waals surface area contributed by atoms with Crippen molar-refractivity contribution >= 4 is 11.5 Å². The van der Waals surface area contributed by atoms with Crippen LogP contribution in [0.15, 0.2) is 23.6 Å². The van der Waals surface area contributed by atoms with Gasteiger partial charge < -0.3 is 20.6 Å². The molecule has 0 saturated heterocycles. The van der Waals surface area contributed by atoms with Gasteiger partial charge in [0.15, 0.2) is 5.84 Å². The molecule has 0 fully saturated rings. The van der Waals surface area contributed by atoms with E-state index in [4.69, 9.17) is 15.7 Å². The van der Waals surface area contributed by atoms with E-state index in [-0.39, 0.29) is 11.9 Å². The maximum Gasteiger partial charge on any atom is 0.172 e. The van der Waals surface area contributed by atoms with Crippen LogP contribution >= 0.6 is 0 Å². The Morgan fingerprint density at radius 3 is 2.94 bits per heavy atom. The van der Waals surface area contributed by atoms with Gasteiger partial charge in [0.2, 0.25) is 0 Å². The Morgan fingerprint density at radius 2 is 2.33 bits per heavy atom. The number of likely N-dealkylation sites (N-methyl/N-ethyl adjacent to an activating group) is 1. The monoisotopic (exact) mass is 252 g/mol. The average Bonchev–Trinajstić information content (AvgIpc) is 2.37. The van der Waals surface area contributed by atoms with Crippen molar-refractivity contribution in [2.75, 3.05) is 25.1 Å². The SMILES string of the molecule is CC(C)OCCN(C)c1cnccc1/C(N)=N/O. The molecule has 1 rings (SSSR count). The molecular weight excluding hydrogens is 232 g/mol. The number of ether oxygens (including phenoxy) is 1. The van der Waals surface area contributed by atoms with Crippen molar-refractivity contribution in [2.24, 2.45) is 10.9 Å². The summed E-state index contributed by atoms with van der Waals surface area (Å²) in [7, 11) is 1.91. The normalized spacial score (nSPS) is 11.9. The summed E-state index contributed by atoms with van der Waals surface area (Å²) >= 11 is 0. The zero-order valence-electron chi connectivity index (χ0n) is 11.0. The zero-order chi connectivity index (χ0) is 13.5. The van der Waals surface area contributed by atoms with Crippen molar-refractivity contribution in [2.45, 2.75) is 20.0 Å². The molecule has 0 amide bonds. The molecule has 0 spiro atoms. The van der Waals surface area contributed by atoms with E-state index in [2.05, 4.69) is 10.1 Å². The summed E-state index contributed by atoms with van der Waals surface area (Å²) in [4.78, 5) is 6.01.